The van der Waals surface area contributed by atoms with Crippen molar-refractivity contribution in [1.29, 1.82) is 0 Å². The van der Waals surface area contributed by atoms with Gasteiger partial charge in [0.05, 0.1) is 0 Å². The van der Waals surface area contributed by atoms with Crippen LogP contribution in [0.25, 0.3) is 0 Å². The Labute approximate surface area is 143 Å². The van der Waals surface area contributed by atoms with Crippen molar-refractivity contribution in [3.05, 3.63) is 35.4 Å². The molecule has 0 saturated carbocycles. The molecule has 1 aromatic rings. The molecule has 0 aliphatic heterocycles. The SMILES string of the molecule is CCC(C)(C)C(=O)NCc1cccc(CNC(=O)C(C)(C)C)c1.[HH].[HH]. The van der Waals surface area contributed by atoms with Gasteiger partial charge in [-0.25, -0.2) is 0 Å². The molecule has 0 radical (unpaired) electrons. The number of hydrogen-bond donors (Lipinski definition) is 2. The van der Waals surface area contributed by atoms with E-state index >= 15 is 0 Å². The van der Waals surface area contributed by atoms with Crippen LogP contribution in [0.5, 0.6) is 0 Å². The van der Waals surface area contributed by atoms with Gasteiger partial charge in [0.25, 0.3) is 0 Å². The lowest BCUT2D eigenvalue weighted by Gasteiger charge is -2.21. The standard InChI is InChI=1S/C19H30N2O2.2H2/c1-7-19(5,6)17(23)21-13-15-10-8-9-14(11-15)12-20-16(22)18(2,3)4;;/h8-11H,7,12-13H2,1-6H3,(H,20,22)(H,21,23);2*1H. The van der Waals surface area contributed by atoms with E-state index in [2.05, 4.69) is 10.6 Å². The predicted molar refractivity (Wildman–Crippen MR) is 97.9 cm³/mol. The summed E-state index contributed by atoms with van der Waals surface area (Å²) in [7, 11) is 0. The number of amides is 2. The maximum absolute atomic E-state index is 12.1. The predicted octanol–water partition coefficient (Wildman–Crippen LogP) is 3.89. The molecule has 0 heterocycles. The Morgan fingerprint density at radius 1 is 0.957 bits per heavy atom. The third-order valence-electron chi connectivity index (χ3n) is 4.08. The lowest BCUT2D eigenvalue weighted by atomic mass is 9.89. The molecule has 4 nitrogen and oxygen atoms in total. The Morgan fingerprint density at radius 2 is 1.43 bits per heavy atom. The fourth-order valence-corrected chi connectivity index (χ4v) is 1.88. The van der Waals surface area contributed by atoms with Crippen LogP contribution >= 0.6 is 0 Å². The minimum absolute atomic E-state index is 0. The minimum atomic E-state index is -0.392. The highest BCUT2D eigenvalue weighted by Gasteiger charge is 2.24. The van der Waals surface area contributed by atoms with Crippen LogP contribution < -0.4 is 10.6 Å². The average Bonchev–Trinajstić information content (AvgIpc) is 2.49. The van der Waals surface area contributed by atoms with E-state index in [4.69, 9.17) is 0 Å². The summed E-state index contributed by atoms with van der Waals surface area (Å²) in [6.07, 6.45) is 0.803. The smallest absolute Gasteiger partial charge is 0.225 e. The number of carbonyl (C=O) groups is 2. The fourth-order valence-electron chi connectivity index (χ4n) is 1.88. The fraction of sp³-hybridized carbons (Fsp3) is 0.579. The number of nitrogens with one attached hydrogen (secondary N) is 2. The molecule has 0 fully saturated rings. The second-order valence-corrected chi connectivity index (χ2v) is 7.67. The van der Waals surface area contributed by atoms with Crippen molar-refractivity contribution in [1.82, 2.24) is 10.6 Å². The Balaban J connectivity index is 0. The lowest BCUT2D eigenvalue weighted by molar-refractivity contribution is -0.130. The lowest BCUT2D eigenvalue weighted by Crippen LogP contribution is -2.36. The van der Waals surface area contributed by atoms with Gasteiger partial charge < -0.3 is 10.6 Å². The number of benzene rings is 1. The summed E-state index contributed by atoms with van der Waals surface area (Å²) < 4.78 is 0. The summed E-state index contributed by atoms with van der Waals surface area (Å²) in [6, 6.07) is 7.92. The summed E-state index contributed by atoms with van der Waals surface area (Å²) in [5.74, 6) is 0.0901. The maximum atomic E-state index is 12.1. The Morgan fingerprint density at radius 3 is 1.87 bits per heavy atom. The second-order valence-electron chi connectivity index (χ2n) is 7.67. The molecule has 4 heteroatoms. The quantitative estimate of drug-likeness (QED) is 0.834. The first-order chi connectivity index (χ1) is 10.6. The van der Waals surface area contributed by atoms with Crippen LogP contribution in [0.1, 0.15) is 61.9 Å². The first-order valence-electron chi connectivity index (χ1n) is 8.20. The first-order valence-corrected chi connectivity index (χ1v) is 8.20. The van der Waals surface area contributed by atoms with Crippen molar-refractivity contribution in [2.75, 3.05) is 0 Å². The van der Waals surface area contributed by atoms with Gasteiger partial charge in [-0.05, 0) is 17.5 Å². The van der Waals surface area contributed by atoms with Crippen molar-refractivity contribution < 1.29 is 12.4 Å². The van der Waals surface area contributed by atoms with Gasteiger partial charge in [-0.2, -0.15) is 0 Å². The zero-order valence-electron chi connectivity index (χ0n) is 15.2. The highest BCUT2D eigenvalue weighted by atomic mass is 16.2. The molecule has 0 aromatic heterocycles. The summed E-state index contributed by atoms with van der Waals surface area (Å²) in [4.78, 5) is 24.0. The van der Waals surface area contributed by atoms with Crippen molar-refractivity contribution >= 4 is 11.8 Å². The molecular formula is C19H34N2O2. The molecule has 0 aliphatic rings. The van der Waals surface area contributed by atoms with E-state index in [1.165, 1.54) is 0 Å². The summed E-state index contributed by atoms with van der Waals surface area (Å²) >= 11 is 0. The number of carbonyl (C=O) groups excluding carboxylic acids is 2. The molecule has 0 saturated heterocycles. The van der Waals surface area contributed by atoms with E-state index < -0.39 is 5.41 Å². The van der Waals surface area contributed by atoms with Crippen LogP contribution in [0.3, 0.4) is 0 Å². The molecule has 1 aromatic carbocycles. The molecule has 1 rings (SSSR count). The molecule has 0 spiro atoms. The van der Waals surface area contributed by atoms with E-state index in [0.29, 0.717) is 13.1 Å². The molecule has 0 aliphatic carbocycles. The van der Waals surface area contributed by atoms with Gasteiger partial charge in [0.2, 0.25) is 11.8 Å². The van der Waals surface area contributed by atoms with Crippen LogP contribution in [0.4, 0.5) is 0 Å². The van der Waals surface area contributed by atoms with Gasteiger partial charge in [-0.15, -0.1) is 0 Å². The summed E-state index contributed by atoms with van der Waals surface area (Å²) in [5, 5.41) is 5.92. The van der Waals surface area contributed by atoms with Crippen LogP contribution in [-0.2, 0) is 22.7 Å². The zero-order chi connectivity index (χ0) is 17.7. The van der Waals surface area contributed by atoms with Gasteiger partial charge in [0.1, 0.15) is 0 Å². The molecule has 2 N–H and O–H groups in total. The topological polar surface area (TPSA) is 58.2 Å². The highest BCUT2D eigenvalue weighted by molar-refractivity contribution is 5.82. The average molecular weight is 322 g/mol. The molecule has 2 amide bonds. The van der Waals surface area contributed by atoms with E-state index in [-0.39, 0.29) is 20.1 Å². The van der Waals surface area contributed by atoms with E-state index in [9.17, 15) is 9.59 Å². The number of hydrogen-bond acceptors (Lipinski definition) is 2. The van der Waals surface area contributed by atoms with Crippen LogP contribution in [0.15, 0.2) is 24.3 Å². The minimum Gasteiger partial charge on any atom is -0.352 e. The Hall–Kier alpha value is -1.84. The third-order valence-corrected chi connectivity index (χ3v) is 4.08. The van der Waals surface area contributed by atoms with E-state index in [1.807, 2.05) is 65.8 Å². The molecule has 0 bridgehead atoms. The van der Waals surface area contributed by atoms with Gasteiger partial charge in [0, 0.05) is 26.8 Å². The maximum Gasteiger partial charge on any atom is 0.225 e. The third kappa shape index (κ3) is 6.05. The van der Waals surface area contributed by atoms with Gasteiger partial charge in [-0.3, -0.25) is 9.59 Å². The van der Waals surface area contributed by atoms with Crippen LogP contribution in [-0.4, -0.2) is 11.8 Å². The Bertz CT molecular complexity index is 567. The van der Waals surface area contributed by atoms with Crippen molar-refractivity contribution in [3.63, 3.8) is 0 Å². The van der Waals surface area contributed by atoms with Crippen molar-refractivity contribution in [2.45, 2.75) is 61.1 Å². The summed E-state index contributed by atoms with van der Waals surface area (Å²) in [6.45, 7) is 12.6. The molecule has 0 unspecified atom stereocenters. The van der Waals surface area contributed by atoms with Gasteiger partial charge in [0.15, 0.2) is 0 Å². The van der Waals surface area contributed by atoms with E-state index in [1.54, 1.807) is 0 Å². The summed E-state index contributed by atoms with van der Waals surface area (Å²) in [5.41, 5.74) is 1.33. The Kier molecular flexibility index (Phi) is 6.37. The van der Waals surface area contributed by atoms with Crippen molar-refractivity contribution in [3.8, 4) is 0 Å². The normalized spacial score (nSPS) is 11.9. The second kappa shape index (κ2) is 7.62. The molecule has 23 heavy (non-hydrogen) atoms. The number of rotatable bonds is 6. The largest absolute Gasteiger partial charge is 0.352 e. The van der Waals surface area contributed by atoms with Crippen molar-refractivity contribution in [2.24, 2.45) is 10.8 Å². The van der Waals surface area contributed by atoms with Crippen LogP contribution in [0.2, 0.25) is 0 Å². The van der Waals surface area contributed by atoms with Crippen LogP contribution in [0, 0.1) is 10.8 Å². The van der Waals surface area contributed by atoms with Gasteiger partial charge >= 0.3 is 0 Å². The van der Waals surface area contributed by atoms with Gasteiger partial charge in [-0.1, -0.05) is 65.8 Å². The molecular weight excluding hydrogens is 288 g/mol. The first kappa shape index (κ1) is 19.2. The van der Waals surface area contributed by atoms with E-state index in [0.717, 1.165) is 17.5 Å². The molecule has 132 valence electrons. The monoisotopic (exact) mass is 322 g/mol. The highest BCUT2D eigenvalue weighted by Crippen LogP contribution is 2.19. The molecule has 0 atom stereocenters. The zero-order valence-corrected chi connectivity index (χ0v) is 15.2.